The van der Waals surface area contributed by atoms with Crippen molar-refractivity contribution in [2.45, 2.75) is 0 Å². The number of benzene rings is 2. The van der Waals surface area contributed by atoms with Crippen molar-refractivity contribution in [2.24, 2.45) is 0 Å². The molecule has 4 heteroatoms. The number of rotatable bonds is 4. The van der Waals surface area contributed by atoms with Crippen LogP contribution in [-0.4, -0.2) is 5.11 Å². The van der Waals surface area contributed by atoms with E-state index in [0.29, 0.717) is 5.75 Å². The summed E-state index contributed by atoms with van der Waals surface area (Å²) in [6, 6.07) is 18.4. The van der Waals surface area contributed by atoms with Crippen LogP contribution in [-0.2, 0) is 0 Å². The highest BCUT2D eigenvalue weighted by Crippen LogP contribution is 2.19. The molecular weight excluding hydrogens is 252 g/mol. The van der Waals surface area contributed by atoms with Crippen molar-refractivity contribution < 1.29 is 9.84 Å². The van der Waals surface area contributed by atoms with Gasteiger partial charge in [-0.15, -0.1) is 0 Å². The van der Waals surface area contributed by atoms with Crippen LogP contribution in [0, 0.1) is 5.39 Å². The van der Waals surface area contributed by atoms with E-state index in [2.05, 4.69) is 4.98 Å². The third kappa shape index (κ3) is 3.72. The summed E-state index contributed by atoms with van der Waals surface area (Å²) in [6.07, 6.45) is 2.57. The number of para-hydroxylation sites is 1. The zero-order chi connectivity index (χ0) is 14.2. The van der Waals surface area contributed by atoms with E-state index in [0.717, 1.165) is 11.8 Å². The Labute approximate surface area is 116 Å². The number of diazo groups is 1. The van der Waals surface area contributed by atoms with Gasteiger partial charge >= 0.3 is 6.20 Å². The monoisotopic (exact) mass is 265 g/mol. The van der Waals surface area contributed by atoms with Crippen LogP contribution in [0.5, 0.6) is 5.75 Å². The lowest BCUT2D eigenvalue weighted by Crippen LogP contribution is -1.98. The summed E-state index contributed by atoms with van der Waals surface area (Å²) in [5, 5.41) is 18.4. The van der Waals surface area contributed by atoms with Gasteiger partial charge < -0.3 is 9.84 Å². The lowest BCUT2D eigenvalue weighted by Gasteiger charge is -2.07. The van der Waals surface area contributed by atoms with Gasteiger partial charge in [-0.05, 0) is 23.8 Å². The van der Waals surface area contributed by atoms with Crippen molar-refractivity contribution in [3.63, 3.8) is 0 Å². The maximum Gasteiger partial charge on any atom is 0.395 e. The molecule has 98 valence electrons. The molecule has 0 unspecified atom stereocenters. The van der Waals surface area contributed by atoms with E-state index in [1.807, 2.05) is 48.5 Å². The van der Waals surface area contributed by atoms with Gasteiger partial charge in [0.1, 0.15) is 5.75 Å². The standard InChI is InChI=1S/C16H12N2O2/c17-18-12-15(19)16(11-13-7-3-1-4-8-13)20-14-9-5-2-6-10-14/h1-12H/p+1. The molecule has 0 radical (unpaired) electrons. The van der Waals surface area contributed by atoms with Gasteiger partial charge in [0.15, 0.2) is 10.7 Å². The quantitative estimate of drug-likeness (QED) is 0.507. The van der Waals surface area contributed by atoms with Crippen LogP contribution in [0.4, 0.5) is 0 Å². The molecular formula is C16H13N2O2+. The second-order valence-electron chi connectivity index (χ2n) is 3.96. The fourth-order valence-corrected chi connectivity index (χ4v) is 1.59. The molecule has 0 bridgehead atoms. The fraction of sp³-hybridized carbons (Fsp3) is 0. The summed E-state index contributed by atoms with van der Waals surface area (Å²) < 4.78 is 5.60. The zero-order valence-corrected chi connectivity index (χ0v) is 10.7. The van der Waals surface area contributed by atoms with E-state index >= 15 is 0 Å². The predicted molar refractivity (Wildman–Crippen MR) is 77.3 cm³/mol. The highest BCUT2D eigenvalue weighted by atomic mass is 16.5. The summed E-state index contributed by atoms with van der Waals surface area (Å²) in [4.78, 5) is 2.81. The van der Waals surface area contributed by atoms with Gasteiger partial charge in [-0.2, -0.15) is 0 Å². The van der Waals surface area contributed by atoms with Crippen molar-refractivity contribution in [3.8, 4) is 5.75 Å². The molecule has 0 saturated heterocycles. The normalized spacial score (nSPS) is 11.8. The van der Waals surface area contributed by atoms with E-state index in [4.69, 9.17) is 10.1 Å². The van der Waals surface area contributed by atoms with E-state index in [1.54, 1.807) is 18.2 Å². The van der Waals surface area contributed by atoms with E-state index < -0.39 is 0 Å². The molecule has 0 aliphatic carbocycles. The molecule has 4 nitrogen and oxygen atoms in total. The van der Waals surface area contributed by atoms with Crippen LogP contribution in [0.15, 0.2) is 78.4 Å². The van der Waals surface area contributed by atoms with Crippen molar-refractivity contribution in [1.82, 2.24) is 0 Å². The molecule has 0 fully saturated rings. The molecule has 0 atom stereocenters. The van der Waals surface area contributed by atoms with Gasteiger partial charge in [0.25, 0.3) is 0 Å². The Morgan fingerprint density at radius 1 is 1.00 bits per heavy atom. The molecule has 0 aliphatic rings. The number of aliphatic hydroxyl groups is 1. The highest BCUT2D eigenvalue weighted by molar-refractivity contribution is 5.56. The van der Waals surface area contributed by atoms with Gasteiger partial charge in [-0.3, -0.25) is 0 Å². The largest absolute Gasteiger partial charge is 0.499 e. The topological polar surface area (TPSA) is 57.6 Å². The summed E-state index contributed by atoms with van der Waals surface area (Å²) in [6.45, 7) is 0. The Hall–Kier alpha value is -3.06. The van der Waals surface area contributed by atoms with Gasteiger partial charge in [0, 0.05) is 0 Å². The predicted octanol–water partition coefficient (Wildman–Crippen LogP) is 4.36. The molecule has 0 spiro atoms. The van der Waals surface area contributed by atoms with Gasteiger partial charge in [-0.1, -0.05) is 48.5 Å². The van der Waals surface area contributed by atoms with Crippen LogP contribution in [0.3, 0.4) is 0 Å². The summed E-state index contributed by atoms with van der Waals surface area (Å²) in [5.74, 6) is 0.507. The van der Waals surface area contributed by atoms with Crippen molar-refractivity contribution >= 4 is 6.08 Å². The second-order valence-corrected chi connectivity index (χ2v) is 3.96. The Morgan fingerprint density at radius 3 is 2.20 bits per heavy atom. The Morgan fingerprint density at radius 2 is 1.60 bits per heavy atom. The van der Waals surface area contributed by atoms with Crippen molar-refractivity contribution in [2.75, 3.05) is 0 Å². The first-order valence-electron chi connectivity index (χ1n) is 6.03. The molecule has 20 heavy (non-hydrogen) atoms. The van der Waals surface area contributed by atoms with Gasteiger partial charge in [0.05, 0.1) is 0 Å². The first-order valence-corrected chi connectivity index (χ1v) is 6.03. The third-order valence-corrected chi connectivity index (χ3v) is 2.50. The van der Waals surface area contributed by atoms with Gasteiger partial charge in [-0.25, -0.2) is 0 Å². The molecule has 0 heterocycles. The van der Waals surface area contributed by atoms with Crippen molar-refractivity contribution in [1.29, 1.82) is 5.39 Å². The SMILES string of the molecule is N#[N+]C=C(O)C(=Cc1ccccc1)Oc1ccccc1. The molecule has 2 aromatic rings. The lowest BCUT2D eigenvalue weighted by molar-refractivity contribution is 0.341. The van der Waals surface area contributed by atoms with Crippen LogP contribution < -0.4 is 4.74 Å². The minimum Gasteiger partial charge on any atom is -0.499 e. The lowest BCUT2D eigenvalue weighted by atomic mass is 10.2. The zero-order valence-electron chi connectivity index (χ0n) is 10.7. The van der Waals surface area contributed by atoms with E-state index in [1.165, 1.54) is 0 Å². The first-order chi connectivity index (χ1) is 9.79. The smallest absolute Gasteiger partial charge is 0.395 e. The Bertz CT molecular complexity index is 656. The number of nitrogens with zero attached hydrogens (tertiary/aromatic N) is 2. The highest BCUT2D eigenvalue weighted by Gasteiger charge is 2.11. The summed E-state index contributed by atoms with van der Waals surface area (Å²) in [5.41, 5.74) is 0.858. The number of hydrogen-bond donors (Lipinski definition) is 1. The number of ether oxygens (including phenoxy) is 1. The number of aliphatic hydroxyl groups excluding tert-OH is 1. The van der Waals surface area contributed by atoms with E-state index in [-0.39, 0.29) is 11.5 Å². The average molecular weight is 265 g/mol. The minimum atomic E-state index is -0.264. The molecule has 0 saturated carbocycles. The second kappa shape index (κ2) is 6.76. The molecule has 0 amide bonds. The summed E-state index contributed by atoms with van der Waals surface area (Å²) >= 11 is 0. The number of hydrogen-bond acceptors (Lipinski definition) is 3. The molecule has 0 aliphatic heterocycles. The minimum absolute atomic E-state index is 0.195. The van der Waals surface area contributed by atoms with Crippen molar-refractivity contribution in [3.05, 3.63) is 88.9 Å². The van der Waals surface area contributed by atoms with Gasteiger partial charge in [0.2, 0.25) is 11.2 Å². The van der Waals surface area contributed by atoms with Crippen LogP contribution in [0.1, 0.15) is 5.56 Å². The van der Waals surface area contributed by atoms with Crippen LogP contribution >= 0.6 is 0 Å². The van der Waals surface area contributed by atoms with Crippen LogP contribution in [0.25, 0.3) is 11.1 Å². The third-order valence-electron chi connectivity index (χ3n) is 2.50. The summed E-state index contributed by atoms with van der Waals surface area (Å²) in [7, 11) is 0. The van der Waals surface area contributed by atoms with E-state index in [9.17, 15) is 5.11 Å². The first kappa shape index (κ1) is 13.4. The molecule has 2 rings (SSSR count). The Balaban J connectivity index is 2.33. The molecule has 0 aromatic heterocycles. The molecule has 2 aromatic carbocycles. The van der Waals surface area contributed by atoms with Crippen LogP contribution in [0.2, 0.25) is 0 Å². The Kier molecular flexibility index (Phi) is 4.52. The maximum absolute atomic E-state index is 9.85. The molecule has 1 N–H and O–H groups in total. The fourth-order valence-electron chi connectivity index (χ4n) is 1.59. The average Bonchev–Trinajstić information content (AvgIpc) is 2.49. The maximum atomic E-state index is 9.85.